The van der Waals surface area contributed by atoms with E-state index in [1.54, 1.807) is 0 Å². The van der Waals surface area contributed by atoms with Crippen LogP contribution in [0.3, 0.4) is 0 Å². The summed E-state index contributed by atoms with van der Waals surface area (Å²) in [6, 6.07) is 8.32. The molecule has 18 heavy (non-hydrogen) atoms. The van der Waals surface area contributed by atoms with E-state index in [4.69, 9.17) is 16.3 Å². The van der Waals surface area contributed by atoms with Crippen LogP contribution < -0.4 is 10.1 Å². The molecule has 1 N–H and O–H groups in total. The van der Waals surface area contributed by atoms with Crippen LogP contribution in [0, 0.1) is 0 Å². The van der Waals surface area contributed by atoms with Crippen LogP contribution in [0.2, 0.25) is 5.02 Å². The molecule has 1 aromatic rings. The van der Waals surface area contributed by atoms with E-state index in [9.17, 15) is 0 Å². The number of benzene rings is 1. The molecule has 1 aromatic carbocycles. The molecule has 1 fully saturated rings. The van der Waals surface area contributed by atoms with Crippen molar-refractivity contribution < 1.29 is 4.74 Å². The van der Waals surface area contributed by atoms with Gasteiger partial charge in [0.15, 0.2) is 0 Å². The third-order valence-electron chi connectivity index (χ3n) is 3.04. The molecule has 0 radical (unpaired) electrons. The second kappa shape index (κ2) is 6.98. The van der Waals surface area contributed by atoms with Crippen LogP contribution in [0.1, 0.15) is 12.8 Å². The molecule has 0 spiro atoms. The average Bonchev–Trinajstić information content (AvgIpc) is 3.13. The van der Waals surface area contributed by atoms with Crippen molar-refractivity contribution in [2.75, 3.05) is 33.3 Å². The van der Waals surface area contributed by atoms with E-state index in [-0.39, 0.29) is 0 Å². The molecular weight excluding hydrogens is 248 g/mol. The molecule has 0 aromatic heterocycles. The van der Waals surface area contributed by atoms with Gasteiger partial charge >= 0.3 is 0 Å². The Morgan fingerprint density at radius 1 is 1.39 bits per heavy atom. The van der Waals surface area contributed by atoms with Gasteiger partial charge in [-0.1, -0.05) is 17.7 Å². The van der Waals surface area contributed by atoms with Gasteiger partial charge in [-0.05, 0) is 38.1 Å². The van der Waals surface area contributed by atoms with E-state index in [2.05, 4.69) is 17.3 Å². The topological polar surface area (TPSA) is 24.5 Å². The Kier molecular flexibility index (Phi) is 5.29. The summed E-state index contributed by atoms with van der Waals surface area (Å²) in [5.74, 6) is 0.840. The minimum Gasteiger partial charge on any atom is -0.492 e. The SMILES string of the molecule is CN(CCNC1CC1)CCOc1cccc(Cl)c1. The number of nitrogens with one attached hydrogen (secondary N) is 1. The predicted octanol–water partition coefficient (Wildman–Crippen LogP) is 2.40. The maximum absolute atomic E-state index is 5.89. The molecule has 0 aliphatic heterocycles. The van der Waals surface area contributed by atoms with E-state index in [0.717, 1.165) is 36.4 Å². The van der Waals surface area contributed by atoms with Crippen LogP contribution in [-0.4, -0.2) is 44.2 Å². The standard InChI is InChI=1S/C14H21ClN2O/c1-17(8-7-16-13-5-6-13)9-10-18-14-4-2-3-12(15)11-14/h2-4,11,13,16H,5-10H2,1H3. The predicted molar refractivity (Wildman–Crippen MR) is 75.5 cm³/mol. The number of nitrogens with zero attached hydrogens (tertiary/aromatic N) is 1. The van der Waals surface area contributed by atoms with Gasteiger partial charge in [-0.15, -0.1) is 0 Å². The smallest absolute Gasteiger partial charge is 0.120 e. The molecule has 0 heterocycles. The third kappa shape index (κ3) is 5.25. The van der Waals surface area contributed by atoms with Crippen LogP contribution in [0.15, 0.2) is 24.3 Å². The van der Waals surface area contributed by atoms with Crippen LogP contribution >= 0.6 is 11.6 Å². The lowest BCUT2D eigenvalue weighted by molar-refractivity contribution is 0.237. The number of likely N-dealkylation sites (N-methyl/N-ethyl adjacent to an activating group) is 1. The van der Waals surface area contributed by atoms with Crippen molar-refractivity contribution in [3.63, 3.8) is 0 Å². The van der Waals surface area contributed by atoms with Gasteiger partial charge in [0.25, 0.3) is 0 Å². The Morgan fingerprint density at radius 2 is 2.22 bits per heavy atom. The van der Waals surface area contributed by atoms with Gasteiger partial charge in [-0.25, -0.2) is 0 Å². The highest BCUT2D eigenvalue weighted by Crippen LogP contribution is 2.18. The average molecular weight is 269 g/mol. The van der Waals surface area contributed by atoms with Gasteiger partial charge in [-0.2, -0.15) is 0 Å². The van der Waals surface area contributed by atoms with Gasteiger partial charge in [0.05, 0.1) is 0 Å². The summed E-state index contributed by atoms with van der Waals surface area (Å²) in [4.78, 5) is 2.28. The molecule has 0 unspecified atom stereocenters. The van der Waals surface area contributed by atoms with Crippen LogP contribution in [-0.2, 0) is 0 Å². The molecular formula is C14H21ClN2O. The molecule has 0 saturated heterocycles. The largest absolute Gasteiger partial charge is 0.492 e. The van der Waals surface area contributed by atoms with Gasteiger partial charge in [-0.3, -0.25) is 0 Å². The highest BCUT2D eigenvalue weighted by Gasteiger charge is 2.19. The van der Waals surface area contributed by atoms with E-state index >= 15 is 0 Å². The van der Waals surface area contributed by atoms with Crippen molar-refractivity contribution in [1.29, 1.82) is 0 Å². The third-order valence-corrected chi connectivity index (χ3v) is 3.28. The fourth-order valence-electron chi connectivity index (χ4n) is 1.73. The first-order valence-electron chi connectivity index (χ1n) is 6.54. The summed E-state index contributed by atoms with van der Waals surface area (Å²) in [6.45, 7) is 3.76. The van der Waals surface area contributed by atoms with Crippen molar-refractivity contribution in [1.82, 2.24) is 10.2 Å². The van der Waals surface area contributed by atoms with E-state index in [1.807, 2.05) is 24.3 Å². The van der Waals surface area contributed by atoms with E-state index < -0.39 is 0 Å². The minimum atomic E-state index is 0.695. The fraction of sp³-hybridized carbons (Fsp3) is 0.571. The first-order valence-corrected chi connectivity index (χ1v) is 6.92. The Morgan fingerprint density at radius 3 is 2.94 bits per heavy atom. The molecule has 1 aliphatic carbocycles. The first-order chi connectivity index (χ1) is 8.74. The van der Waals surface area contributed by atoms with Gasteiger partial charge in [0, 0.05) is 30.7 Å². The van der Waals surface area contributed by atoms with Gasteiger partial charge in [0.2, 0.25) is 0 Å². The Hall–Kier alpha value is -0.770. The number of ether oxygens (including phenoxy) is 1. The summed E-state index contributed by atoms with van der Waals surface area (Å²) in [5.41, 5.74) is 0. The summed E-state index contributed by atoms with van der Waals surface area (Å²) < 4.78 is 5.65. The maximum atomic E-state index is 5.89. The summed E-state index contributed by atoms with van der Waals surface area (Å²) in [6.07, 6.45) is 2.70. The van der Waals surface area contributed by atoms with Crippen molar-refractivity contribution in [2.45, 2.75) is 18.9 Å². The van der Waals surface area contributed by atoms with Crippen LogP contribution in [0.25, 0.3) is 0 Å². The van der Waals surface area contributed by atoms with Crippen LogP contribution in [0.4, 0.5) is 0 Å². The summed E-state index contributed by atoms with van der Waals surface area (Å²) in [7, 11) is 2.12. The first kappa shape index (κ1) is 13.7. The van der Waals surface area contributed by atoms with Crippen molar-refractivity contribution in [3.8, 4) is 5.75 Å². The molecule has 0 amide bonds. The lowest BCUT2D eigenvalue weighted by Gasteiger charge is -2.17. The van der Waals surface area contributed by atoms with Crippen LogP contribution in [0.5, 0.6) is 5.75 Å². The van der Waals surface area contributed by atoms with Crippen molar-refractivity contribution in [3.05, 3.63) is 29.3 Å². The maximum Gasteiger partial charge on any atom is 0.120 e. The second-order valence-corrected chi connectivity index (χ2v) is 5.27. The van der Waals surface area contributed by atoms with Gasteiger partial charge in [0.1, 0.15) is 12.4 Å². The van der Waals surface area contributed by atoms with Gasteiger partial charge < -0.3 is 15.0 Å². The molecule has 0 atom stereocenters. The fourth-order valence-corrected chi connectivity index (χ4v) is 1.92. The Labute approximate surface area is 114 Å². The summed E-state index contributed by atoms with van der Waals surface area (Å²) >= 11 is 5.89. The molecule has 2 rings (SSSR count). The highest BCUT2D eigenvalue weighted by molar-refractivity contribution is 6.30. The second-order valence-electron chi connectivity index (χ2n) is 4.84. The normalized spacial score (nSPS) is 15.1. The minimum absolute atomic E-state index is 0.695. The zero-order valence-electron chi connectivity index (χ0n) is 10.9. The molecule has 1 saturated carbocycles. The Balaban J connectivity index is 1.56. The highest BCUT2D eigenvalue weighted by atomic mass is 35.5. The quantitative estimate of drug-likeness (QED) is 0.784. The number of hydrogen-bond donors (Lipinski definition) is 1. The van der Waals surface area contributed by atoms with E-state index in [0.29, 0.717) is 6.61 Å². The number of halogens is 1. The molecule has 100 valence electrons. The number of rotatable bonds is 8. The van der Waals surface area contributed by atoms with Crippen molar-refractivity contribution >= 4 is 11.6 Å². The lowest BCUT2D eigenvalue weighted by atomic mass is 10.3. The molecule has 3 nitrogen and oxygen atoms in total. The Bertz CT molecular complexity index is 369. The zero-order chi connectivity index (χ0) is 12.8. The summed E-state index contributed by atoms with van der Waals surface area (Å²) in [5, 5.41) is 4.22. The van der Waals surface area contributed by atoms with Crippen molar-refractivity contribution in [2.24, 2.45) is 0 Å². The lowest BCUT2D eigenvalue weighted by Crippen LogP contribution is -2.32. The molecule has 1 aliphatic rings. The van der Waals surface area contributed by atoms with E-state index in [1.165, 1.54) is 12.8 Å². The number of hydrogen-bond acceptors (Lipinski definition) is 3. The zero-order valence-corrected chi connectivity index (χ0v) is 11.6. The molecule has 0 bridgehead atoms. The molecule has 4 heteroatoms. The monoisotopic (exact) mass is 268 g/mol.